The van der Waals surface area contributed by atoms with Gasteiger partial charge in [-0.15, -0.1) is 0 Å². The van der Waals surface area contributed by atoms with Crippen molar-refractivity contribution in [1.82, 2.24) is 0 Å². The molecule has 1 rings (SSSR count). The van der Waals surface area contributed by atoms with E-state index in [1.165, 1.54) is 19.3 Å². The van der Waals surface area contributed by atoms with Crippen LogP contribution in [0, 0.1) is 0 Å². The predicted octanol–water partition coefficient (Wildman–Crippen LogP) is 4.70. The summed E-state index contributed by atoms with van der Waals surface area (Å²) in [5.74, 6) is -0.690. The molecule has 1 aromatic rings. The number of benzene rings is 1. The van der Waals surface area contributed by atoms with Gasteiger partial charge in [0.2, 0.25) is 0 Å². The van der Waals surface area contributed by atoms with E-state index in [1.54, 1.807) is 0 Å². The number of aliphatic imine (C=N–C) groups is 1. The van der Waals surface area contributed by atoms with Crippen LogP contribution >= 0.6 is 0 Å². The highest BCUT2D eigenvalue weighted by molar-refractivity contribution is 5.79. The van der Waals surface area contributed by atoms with Gasteiger partial charge in [-0.2, -0.15) is 0 Å². The number of hydrogen-bond donors (Lipinski definition) is 1. The third kappa shape index (κ3) is 10.8. The molecular weight excluding hydrogens is 262 g/mol. The Morgan fingerprint density at radius 3 is 2.19 bits per heavy atom. The lowest BCUT2D eigenvalue weighted by atomic mass is 10.1. The molecule has 0 saturated heterocycles. The minimum absolute atomic E-state index is 0.300. The molecule has 0 amide bonds. The maximum absolute atomic E-state index is 10.3. The Balaban J connectivity index is 1.94. The maximum Gasteiger partial charge on any atom is 0.303 e. The van der Waals surface area contributed by atoms with E-state index in [0.717, 1.165) is 44.2 Å². The number of nitrogens with zero attached hydrogens (tertiary/aromatic N) is 1. The number of aliphatic carboxylic acids is 1. The molecule has 0 fully saturated rings. The van der Waals surface area contributed by atoms with Crippen LogP contribution in [0.5, 0.6) is 0 Å². The molecule has 0 unspecified atom stereocenters. The van der Waals surface area contributed by atoms with Gasteiger partial charge >= 0.3 is 5.97 Å². The van der Waals surface area contributed by atoms with E-state index in [1.807, 2.05) is 30.3 Å². The van der Waals surface area contributed by atoms with Crippen LogP contribution in [-0.4, -0.2) is 23.8 Å². The van der Waals surface area contributed by atoms with Crippen molar-refractivity contribution >= 4 is 12.2 Å². The second kappa shape index (κ2) is 12.1. The first-order valence-electron chi connectivity index (χ1n) is 8.48. The lowest BCUT2D eigenvalue weighted by Gasteiger charge is -2.00. The summed E-state index contributed by atoms with van der Waals surface area (Å²) in [6.07, 6.45) is 9.43. The fraction of sp³-hybridized carbons (Fsp3) is 0.556. The predicted molar refractivity (Wildman–Crippen MR) is 88.1 cm³/mol. The molecule has 0 atom stereocenters. The Morgan fingerprint density at radius 1 is 1.00 bits per heavy atom. The fourth-order valence-electron chi connectivity index (χ4n) is 2.19. The lowest BCUT2D eigenvalue weighted by molar-refractivity contribution is -0.137. The molecule has 0 saturated carbocycles. The molecule has 0 spiro atoms. The molecule has 0 bridgehead atoms. The third-order valence-electron chi connectivity index (χ3n) is 3.39. The summed E-state index contributed by atoms with van der Waals surface area (Å²) in [6, 6.07) is 9.62. The average molecular weight is 290 g/mol. The first-order valence-corrected chi connectivity index (χ1v) is 7.98. The quantitative estimate of drug-likeness (QED) is 0.448. The van der Waals surface area contributed by atoms with Gasteiger partial charge in [0.15, 0.2) is 0 Å². The van der Waals surface area contributed by atoms with Gasteiger partial charge < -0.3 is 5.11 Å². The van der Waals surface area contributed by atoms with E-state index >= 15 is 0 Å². The zero-order chi connectivity index (χ0) is 16.0. The Kier molecular flexibility index (Phi) is 9.09. The second-order valence-corrected chi connectivity index (χ2v) is 5.33. The summed E-state index contributed by atoms with van der Waals surface area (Å²) < 4.78 is 7.86. The first-order chi connectivity index (χ1) is 10.7. The molecule has 3 nitrogen and oxygen atoms in total. The van der Waals surface area contributed by atoms with E-state index in [0.29, 0.717) is 12.6 Å². The van der Waals surface area contributed by atoms with Crippen LogP contribution in [0.2, 0.25) is 0 Å². The van der Waals surface area contributed by atoms with E-state index in [4.69, 9.17) is 6.48 Å². The molecule has 0 aliphatic heterocycles. The Morgan fingerprint density at radius 2 is 1.57 bits per heavy atom. The van der Waals surface area contributed by atoms with Crippen molar-refractivity contribution in [3.05, 3.63) is 35.9 Å². The van der Waals surface area contributed by atoms with Crippen molar-refractivity contribution in [2.24, 2.45) is 4.99 Å². The van der Waals surface area contributed by atoms with Crippen LogP contribution in [0.3, 0.4) is 0 Å². The highest BCUT2D eigenvalue weighted by atomic mass is 16.4. The van der Waals surface area contributed by atoms with Crippen molar-refractivity contribution in [2.75, 3.05) is 6.54 Å². The van der Waals surface area contributed by atoms with Crippen molar-refractivity contribution < 1.29 is 11.3 Å². The number of hydrogen-bond acceptors (Lipinski definition) is 2. The average Bonchev–Trinajstić information content (AvgIpc) is 2.53. The largest absolute Gasteiger partial charge is 0.481 e. The summed E-state index contributed by atoms with van der Waals surface area (Å²) >= 11 is 0. The number of rotatable bonds is 12. The standard InChI is InChI=1S/C18H27NO2/c20-18(21)14-10-5-3-1-2-4-6-11-15-19-16-17-12-8-7-9-13-17/h7-9,12-13,16H,1-6,10-11,14-15H2,(H,20,21)/i16D. The van der Waals surface area contributed by atoms with Crippen LogP contribution in [0.4, 0.5) is 0 Å². The van der Waals surface area contributed by atoms with Crippen LogP contribution in [0.1, 0.15) is 64.7 Å². The topological polar surface area (TPSA) is 49.7 Å². The van der Waals surface area contributed by atoms with E-state index in [9.17, 15) is 4.79 Å². The van der Waals surface area contributed by atoms with Gasteiger partial charge in [0.05, 0.1) is 1.37 Å². The fourth-order valence-corrected chi connectivity index (χ4v) is 2.19. The van der Waals surface area contributed by atoms with Gasteiger partial charge in [-0.25, -0.2) is 0 Å². The molecule has 116 valence electrons. The van der Waals surface area contributed by atoms with Crippen molar-refractivity contribution in [3.63, 3.8) is 0 Å². The Hall–Kier alpha value is -1.64. The highest BCUT2D eigenvalue weighted by Crippen LogP contribution is 2.09. The molecule has 0 aliphatic rings. The lowest BCUT2D eigenvalue weighted by Crippen LogP contribution is -1.93. The monoisotopic (exact) mass is 290 g/mol. The normalized spacial score (nSPS) is 12.2. The zero-order valence-corrected chi connectivity index (χ0v) is 12.8. The molecule has 1 aromatic carbocycles. The van der Waals surface area contributed by atoms with Gasteiger partial charge in [-0.05, 0) is 18.4 Å². The van der Waals surface area contributed by atoms with Crippen LogP contribution in [0.15, 0.2) is 35.3 Å². The molecule has 0 radical (unpaired) electrons. The summed E-state index contributed by atoms with van der Waals surface area (Å²) in [6.45, 7) is 0.729. The molecular formula is C18H27NO2. The van der Waals surface area contributed by atoms with Crippen LogP contribution in [-0.2, 0) is 4.79 Å². The number of carboxylic acid groups (broad SMARTS) is 1. The maximum atomic E-state index is 10.3. The van der Waals surface area contributed by atoms with Crippen molar-refractivity contribution in [3.8, 4) is 0 Å². The minimum Gasteiger partial charge on any atom is -0.481 e. The van der Waals surface area contributed by atoms with E-state index in [2.05, 4.69) is 4.99 Å². The van der Waals surface area contributed by atoms with Gasteiger partial charge in [-0.3, -0.25) is 9.79 Å². The van der Waals surface area contributed by atoms with Gasteiger partial charge in [-0.1, -0.05) is 68.9 Å². The molecule has 0 aromatic heterocycles. The molecule has 1 N–H and O–H groups in total. The number of carbonyl (C=O) groups is 1. The number of unbranched alkanes of at least 4 members (excludes halogenated alkanes) is 7. The molecule has 0 heterocycles. The van der Waals surface area contributed by atoms with Gasteiger partial charge in [0.25, 0.3) is 0 Å². The SMILES string of the molecule is [2H]C(=NCCCCCCCCCCC(=O)O)c1ccccc1. The summed E-state index contributed by atoms with van der Waals surface area (Å²) in [5.41, 5.74) is 0.879. The van der Waals surface area contributed by atoms with Crippen molar-refractivity contribution in [2.45, 2.75) is 57.8 Å². The Labute approximate surface area is 129 Å². The van der Waals surface area contributed by atoms with E-state index in [-0.39, 0.29) is 0 Å². The van der Waals surface area contributed by atoms with Gasteiger partial charge in [0.1, 0.15) is 0 Å². The van der Waals surface area contributed by atoms with Crippen LogP contribution < -0.4 is 0 Å². The Bertz CT molecular complexity index is 446. The second-order valence-electron chi connectivity index (χ2n) is 5.33. The molecule has 0 aliphatic carbocycles. The van der Waals surface area contributed by atoms with Crippen molar-refractivity contribution in [1.29, 1.82) is 0 Å². The summed E-state index contributed by atoms with van der Waals surface area (Å²) in [4.78, 5) is 14.6. The minimum atomic E-state index is -0.690. The zero-order valence-electron chi connectivity index (χ0n) is 13.8. The third-order valence-corrected chi connectivity index (χ3v) is 3.39. The van der Waals surface area contributed by atoms with Crippen LogP contribution in [0.25, 0.3) is 0 Å². The highest BCUT2D eigenvalue weighted by Gasteiger charge is 1.96. The smallest absolute Gasteiger partial charge is 0.303 e. The number of carboxylic acids is 1. The summed E-state index contributed by atoms with van der Waals surface area (Å²) in [5, 5.41) is 8.52. The van der Waals surface area contributed by atoms with Gasteiger partial charge in [0, 0.05) is 19.2 Å². The van der Waals surface area contributed by atoms with E-state index < -0.39 is 5.97 Å². The summed E-state index contributed by atoms with van der Waals surface area (Å²) in [7, 11) is 0. The molecule has 21 heavy (non-hydrogen) atoms. The first kappa shape index (κ1) is 15.7. The molecule has 3 heteroatoms.